The van der Waals surface area contributed by atoms with Gasteiger partial charge in [0.05, 0.1) is 0 Å². The summed E-state index contributed by atoms with van der Waals surface area (Å²) >= 11 is 0. The van der Waals surface area contributed by atoms with Gasteiger partial charge < -0.3 is 10.2 Å². The van der Waals surface area contributed by atoms with Crippen molar-refractivity contribution in [2.75, 3.05) is 26.2 Å². The van der Waals surface area contributed by atoms with Gasteiger partial charge in [-0.1, -0.05) is 6.92 Å². The lowest BCUT2D eigenvalue weighted by molar-refractivity contribution is 0.315. The molecule has 0 amide bonds. The molecule has 0 spiro atoms. The van der Waals surface area contributed by atoms with Crippen LogP contribution in [0.5, 0.6) is 0 Å². The van der Waals surface area contributed by atoms with E-state index in [0.717, 1.165) is 12.0 Å². The molecule has 2 aliphatic heterocycles. The molecule has 0 aromatic rings. The first-order chi connectivity index (χ1) is 5.40. The van der Waals surface area contributed by atoms with Crippen molar-refractivity contribution >= 4 is 0 Å². The van der Waals surface area contributed by atoms with Crippen molar-refractivity contribution in [1.82, 2.24) is 10.2 Å². The Morgan fingerprint density at radius 1 is 1.45 bits per heavy atom. The van der Waals surface area contributed by atoms with Gasteiger partial charge in [0.2, 0.25) is 0 Å². The zero-order valence-corrected chi connectivity index (χ0v) is 7.34. The Morgan fingerprint density at radius 2 is 2.36 bits per heavy atom. The van der Waals surface area contributed by atoms with Crippen molar-refractivity contribution in [3.63, 3.8) is 0 Å². The molecule has 2 nitrogen and oxygen atoms in total. The average molecular weight is 154 g/mol. The van der Waals surface area contributed by atoms with E-state index in [2.05, 4.69) is 17.1 Å². The molecule has 0 radical (unpaired) electrons. The second-order valence-corrected chi connectivity index (χ2v) is 3.87. The molecule has 11 heavy (non-hydrogen) atoms. The molecule has 2 saturated heterocycles. The maximum Gasteiger partial charge on any atom is 0.0235 e. The Morgan fingerprint density at radius 3 is 3.09 bits per heavy atom. The molecular formula is C9H18N2. The Balaban J connectivity index is 1.84. The van der Waals surface area contributed by atoms with Gasteiger partial charge >= 0.3 is 0 Å². The second kappa shape index (κ2) is 3.11. The zero-order valence-electron chi connectivity index (χ0n) is 7.34. The van der Waals surface area contributed by atoms with Gasteiger partial charge in [-0.05, 0) is 31.8 Å². The van der Waals surface area contributed by atoms with Crippen LogP contribution in [-0.4, -0.2) is 37.1 Å². The minimum Gasteiger partial charge on any atom is -0.312 e. The van der Waals surface area contributed by atoms with Crippen LogP contribution in [0.4, 0.5) is 0 Å². The van der Waals surface area contributed by atoms with E-state index in [4.69, 9.17) is 0 Å². The van der Waals surface area contributed by atoms with Gasteiger partial charge in [-0.3, -0.25) is 0 Å². The molecular weight excluding hydrogens is 136 g/mol. The molecule has 2 aliphatic rings. The number of hydrogen-bond donors (Lipinski definition) is 1. The normalized spacial score (nSPS) is 37.9. The van der Waals surface area contributed by atoms with E-state index < -0.39 is 0 Å². The fraction of sp³-hybridized carbons (Fsp3) is 1.00. The lowest BCUT2D eigenvalue weighted by Gasteiger charge is -2.14. The van der Waals surface area contributed by atoms with Crippen LogP contribution < -0.4 is 5.32 Å². The van der Waals surface area contributed by atoms with Gasteiger partial charge in [0.1, 0.15) is 0 Å². The number of likely N-dealkylation sites (tertiary alicyclic amines) is 1. The molecule has 2 unspecified atom stereocenters. The monoisotopic (exact) mass is 154 g/mol. The van der Waals surface area contributed by atoms with Gasteiger partial charge in [-0.2, -0.15) is 0 Å². The van der Waals surface area contributed by atoms with Gasteiger partial charge in [0.15, 0.2) is 0 Å². The third-order valence-electron chi connectivity index (χ3n) is 2.98. The van der Waals surface area contributed by atoms with Crippen LogP contribution in [0, 0.1) is 5.92 Å². The molecule has 0 bridgehead atoms. The van der Waals surface area contributed by atoms with Gasteiger partial charge in [0.25, 0.3) is 0 Å². The van der Waals surface area contributed by atoms with Gasteiger partial charge in [0, 0.05) is 19.1 Å². The molecule has 0 aliphatic carbocycles. The first-order valence-corrected chi connectivity index (χ1v) is 4.86. The van der Waals surface area contributed by atoms with Crippen LogP contribution >= 0.6 is 0 Å². The van der Waals surface area contributed by atoms with Crippen molar-refractivity contribution in [3.05, 3.63) is 0 Å². The summed E-state index contributed by atoms with van der Waals surface area (Å²) in [6, 6.07) is 0.835. The number of fused-ring (bicyclic) bond motifs is 1. The topological polar surface area (TPSA) is 15.3 Å². The van der Waals surface area contributed by atoms with Crippen LogP contribution in [0.1, 0.15) is 19.8 Å². The van der Waals surface area contributed by atoms with Crippen molar-refractivity contribution in [1.29, 1.82) is 0 Å². The lowest BCUT2D eigenvalue weighted by Crippen LogP contribution is -2.30. The van der Waals surface area contributed by atoms with E-state index in [-0.39, 0.29) is 0 Å². The van der Waals surface area contributed by atoms with Crippen molar-refractivity contribution < 1.29 is 0 Å². The molecule has 0 aromatic carbocycles. The van der Waals surface area contributed by atoms with Crippen molar-refractivity contribution in [2.24, 2.45) is 5.92 Å². The predicted molar refractivity (Wildman–Crippen MR) is 46.6 cm³/mol. The van der Waals surface area contributed by atoms with E-state index in [9.17, 15) is 0 Å². The summed E-state index contributed by atoms with van der Waals surface area (Å²) in [7, 11) is 0. The maximum atomic E-state index is 3.57. The highest BCUT2D eigenvalue weighted by Gasteiger charge is 2.34. The molecule has 1 N–H and O–H groups in total. The van der Waals surface area contributed by atoms with Crippen molar-refractivity contribution in [3.8, 4) is 0 Å². The Hall–Kier alpha value is -0.0800. The highest BCUT2D eigenvalue weighted by atomic mass is 15.2. The molecule has 2 heterocycles. The lowest BCUT2D eigenvalue weighted by atomic mass is 10.1. The first-order valence-electron chi connectivity index (χ1n) is 4.86. The highest BCUT2D eigenvalue weighted by Crippen LogP contribution is 2.24. The molecule has 2 atom stereocenters. The van der Waals surface area contributed by atoms with E-state index in [0.29, 0.717) is 0 Å². The minimum atomic E-state index is 0.835. The van der Waals surface area contributed by atoms with Crippen LogP contribution in [0.2, 0.25) is 0 Å². The summed E-state index contributed by atoms with van der Waals surface area (Å²) in [6.07, 6.45) is 2.71. The van der Waals surface area contributed by atoms with Gasteiger partial charge in [-0.25, -0.2) is 0 Å². The average Bonchev–Trinajstić information content (AvgIpc) is 2.46. The standard InChI is InChI=1S/C9H18N2/c1-2-5-11-6-8-3-4-10-9(8)7-11/h8-10H,2-7H2,1H3. The maximum absolute atomic E-state index is 3.57. The third-order valence-corrected chi connectivity index (χ3v) is 2.98. The molecule has 2 heteroatoms. The predicted octanol–water partition coefficient (Wildman–Crippen LogP) is 0.690. The van der Waals surface area contributed by atoms with Crippen LogP contribution in [0.15, 0.2) is 0 Å². The SMILES string of the molecule is CCCN1CC2CCNC2C1. The summed E-state index contributed by atoms with van der Waals surface area (Å²) in [5.74, 6) is 0.974. The summed E-state index contributed by atoms with van der Waals surface area (Å²) in [4.78, 5) is 2.60. The summed E-state index contributed by atoms with van der Waals surface area (Å²) in [6.45, 7) is 7.48. The van der Waals surface area contributed by atoms with Crippen LogP contribution in [-0.2, 0) is 0 Å². The van der Waals surface area contributed by atoms with E-state index >= 15 is 0 Å². The summed E-state index contributed by atoms with van der Waals surface area (Å²) in [5.41, 5.74) is 0. The number of rotatable bonds is 2. The summed E-state index contributed by atoms with van der Waals surface area (Å²) in [5, 5.41) is 3.57. The highest BCUT2D eigenvalue weighted by molar-refractivity contribution is 4.93. The number of nitrogens with one attached hydrogen (secondary N) is 1. The third kappa shape index (κ3) is 1.42. The molecule has 0 saturated carbocycles. The minimum absolute atomic E-state index is 0.835. The fourth-order valence-corrected chi connectivity index (χ4v) is 2.44. The van der Waals surface area contributed by atoms with E-state index in [1.165, 1.54) is 39.0 Å². The fourth-order valence-electron chi connectivity index (χ4n) is 2.44. The zero-order chi connectivity index (χ0) is 7.68. The number of hydrogen-bond acceptors (Lipinski definition) is 2. The largest absolute Gasteiger partial charge is 0.312 e. The van der Waals surface area contributed by atoms with Crippen molar-refractivity contribution in [2.45, 2.75) is 25.8 Å². The van der Waals surface area contributed by atoms with Crippen LogP contribution in [0.25, 0.3) is 0 Å². The molecule has 2 fully saturated rings. The smallest absolute Gasteiger partial charge is 0.0235 e. The van der Waals surface area contributed by atoms with E-state index in [1.807, 2.05) is 0 Å². The second-order valence-electron chi connectivity index (χ2n) is 3.87. The Labute approximate surface area is 69.0 Å². The summed E-state index contributed by atoms with van der Waals surface area (Å²) < 4.78 is 0. The first kappa shape index (κ1) is 7.56. The van der Waals surface area contributed by atoms with Gasteiger partial charge in [-0.15, -0.1) is 0 Å². The number of nitrogens with zero attached hydrogens (tertiary/aromatic N) is 1. The quantitative estimate of drug-likeness (QED) is 0.629. The molecule has 0 aromatic heterocycles. The Bertz CT molecular complexity index is 124. The van der Waals surface area contributed by atoms with Crippen LogP contribution in [0.3, 0.4) is 0 Å². The molecule has 2 rings (SSSR count). The van der Waals surface area contributed by atoms with E-state index in [1.54, 1.807) is 0 Å². The molecule has 64 valence electrons. The Kier molecular flexibility index (Phi) is 2.14.